The lowest BCUT2D eigenvalue weighted by Gasteiger charge is -2.10. The Hall–Kier alpha value is -3.74. The molecule has 1 aromatic carbocycles. The fourth-order valence-corrected chi connectivity index (χ4v) is 2.96. The van der Waals surface area contributed by atoms with Gasteiger partial charge >= 0.3 is 0 Å². The van der Waals surface area contributed by atoms with Gasteiger partial charge in [-0.25, -0.2) is 4.39 Å². The van der Waals surface area contributed by atoms with Crippen LogP contribution in [0.25, 0.3) is 10.9 Å². The van der Waals surface area contributed by atoms with Gasteiger partial charge in [0.15, 0.2) is 0 Å². The minimum absolute atomic E-state index is 0.266. The fraction of sp³-hybridized carbons (Fsp3) is 0.0952. The first-order valence-corrected chi connectivity index (χ1v) is 8.61. The van der Waals surface area contributed by atoms with Crippen LogP contribution in [0.5, 0.6) is 0 Å². The van der Waals surface area contributed by atoms with Crippen LogP contribution >= 0.6 is 0 Å². The molecule has 0 unspecified atom stereocenters. The van der Waals surface area contributed by atoms with Gasteiger partial charge in [0, 0.05) is 11.9 Å². The number of aryl methyl sites for hydroxylation is 1. The first-order valence-electron chi connectivity index (χ1n) is 8.61. The number of anilines is 1. The number of carbonyl (C=O) groups excluding carboxylic acids is 1. The highest BCUT2D eigenvalue weighted by Crippen LogP contribution is 2.17. The molecule has 4 rings (SSSR count). The molecule has 0 aliphatic rings. The van der Waals surface area contributed by atoms with Crippen LogP contribution in [0.1, 0.15) is 21.8 Å². The summed E-state index contributed by atoms with van der Waals surface area (Å²) in [6, 6.07) is 12.3. The highest BCUT2D eigenvalue weighted by atomic mass is 19.1. The maximum absolute atomic E-state index is 13.0. The summed E-state index contributed by atoms with van der Waals surface area (Å²) in [6.07, 6.45) is 3.20. The number of rotatable bonds is 4. The summed E-state index contributed by atoms with van der Waals surface area (Å²) in [5.41, 5.74) is 1.47. The Morgan fingerprint density at radius 1 is 1.21 bits per heavy atom. The number of amides is 1. The summed E-state index contributed by atoms with van der Waals surface area (Å²) in [4.78, 5) is 29.9. The minimum atomic E-state index is -0.417. The van der Waals surface area contributed by atoms with Crippen LogP contribution in [0.3, 0.4) is 0 Å². The van der Waals surface area contributed by atoms with Crippen molar-refractivity contribution in [1.82, 2.24) is 9.55 Å². The Bertz CT molecular complexity index is 1210. The molecule has 0 radical (unpaired) electrons. The largest absolute Gasteiger partial charge is 0.467 e. The van der Waals surface area contributed by atoms with Crippen molar-refractivity contribution in [2.45, 2.75) is 13.5 Å². The van der Waals surface area contributed by atoms with Crippen LogP contribution in [-0.4, -0.2) is 15.5 Å². The summed E-state index contributed by atoms with van der Waals surface area (Å²) in [7, 11) is 0. The van der Waals surface area contributed by atoms with Crippen molar-refractivity contribution < 1.29 is 13.6 Å². The second kappa shape index (κ2) is 7.11. The molecule has 1 N–H and O–H groups in total. The van der Waals surface area contributed by atoms with Crippen molar-refractivity contribution in [2.75, 3.05) is 5.32 Å². The van der Waals surface area contributed by atoms with Crippen LogP contribution in [-0.2, 0) is 6.54 Å². The summed E-state index contributed by atoms with van der Waals surface area (Å²) in [5.74, 6) is -0.159. The quantitative estimate of drug-likeness (QED) is 0.588. The molecule has 28 heavy (non-hydrogen) atoms. The van der Waals surface area contributed by atoms with Crippen LogP contribution in [0, 0.1) is 12.7 Å². The monoisotopic (exact) mass is 377 g/mol. The molecule has 0 fully saturated rings. The average molecular weight is 377 g/mol. The second-order valence-corrected chi connectivity index (χ2v) is 6.34. The van der Waals surface area contributed by atoms with Gasteiger partial charge in [-0.2, -0.15) is 0 Å². The van der Waals surface area contributed by atoms with Gasteiger partial charge in [-0.15, -0.1) is 0 Å². The van der Waals surface area contributed by atoms with Crippen LogP contribution in [0.15, 0.2) is 70.2 Å². The highest BCUT2D eigenvalue weighted by molar-refractivity contribution is 6.06. The number of hydrogen-bond donors (Lipinski definition) is 1. The molecule has 0 saturated heterocycles. The number of furan rings is 1. The molecule has 4 aromatic rings. The van der Waals surface area contributed by atoms with E-state index in [0.29, 0.717) is 28.0 Å². The summed E-state index contributed by atoms with van der Waals surface area (Å²) < 4.78 is 19.8. The van der Waals surface area contributed by atoms with Gasteiger partial charge < -0.3 is 14.3 Å². The molecule has 140 valence electrons. The maximum atomic E-state index is 13.0. The first kappa shape index (κ1) is 17.7. The van der Waals surface area contributed by atoms with E-state index >= 15 is 0 Å². The number of fused-ring (bicyclic) bond motifs is 1. The molecular formula is C21H16FN3O3. The topological polar surface area (TPSA) is 77.1 Å². The van der Waals surface area contributed by atoms with Crippen LogP contribution in [0.4, 0.5) is 10.1 Å². The molecule has 0 aliphatic carbocycles. The molecule has 0 bridgehead atoms. The molecule has 1 amide bonds. The molecule has 0 aliphatic heterocycles. The van der Waals surface area contributed by atoms with Gasteiger partial charge in [-0.05, 0) is 55.5 Å². The standard InChI is InChI=1S/C21H16FN3O3/c1-13-17(20(26)24-15-6-4-14(22)5-7-15)11-18-19(23-13)8-9-25(21(18)27)12-16-3-2-10-28-16/h2-11H,12H2,1H3,(H,24,26). The number of nitrogens with zero attached hydrogens (tertiary/aromatic N) is 2. The summed E-state index contributed by atoms with van der Waals surface area (Å²) in [5, 5.41) is 3.03. The molecule has 6 nitrogen and oxygen atoms in total. The number of halogens is 1. The highest BCUT2D eigenvalue weighted by Gasteiger charge is 2.15. The van der Waals surface area contributed by atoms with Crippen molar-refractivity contribution in [3.63, 3.8) is 0 Å². The zero-order valence-electron chi connectivity index (χ0n) is 15.0. The minimum Gasteiger partial charge on any atom is -0.467 e. The van der Waals surface area contributed by atoms with E-state index in [2.05, 4.69) is 10.3 Å². The van der Waals surface area contributed by atoms with E-state index in [9.17, 15) is 14.0 Å². The molecule has 0 atom stereocenters. The fourth-order valence-electron chi connectivity index (χ4n) is 2.96. The van der Waals surface area contributed by atoms with Crippen molar-refractivity contribution in [2.24, 2.45) is 0 Å². The lowest BCUT2D eigenvalue weighted by molar-refractivity contribution is 0.102. The smallest absolute Gasteiger partial charge is 0.260 e. The van der Waals surface area contributed by atoms with Crippen molar-refractivity contribution in [3.05, 3.63) is 94.2 Å². The van der Waals surface area contributed by atoms with Crippen molar-refractivity contribution >= 4 is 22.5 Å². The summed E-state index contributed by atoms with van der Waals surface area (Å²) >= 11 is 0. The second-order valence-electron chi connectivity index (χ2n) is 6.34. The predicted molar refractivity (Wildman–Crippen MR) is 103 cm³/mol. The van der Waals surface area contributed by atoms with Gasteiger partial charge in [0.25, 0.3) is 11.5 Å². The molecule has 0 saturated carbocycles. The third kappa shape index (κ3) is 3.42. The van der Waals surface area contributed by atoms with Gasteiger partial charge in [0.05, 0.1) is 35.0 Å². The van der Waals surface area contributed by atoms with Gasteiger partial charge in [-0.3, -0.25) is 14.6 Å². The van der Waals surface area contributed by atoms with Gasteiger partial charge in [0.2, 0.25) is 0 Å². The predicted octanol–water partition coefficient (Wildman–Crippen LogP) is 3.74. The third-order valence-corrected chi connectivity index (χ3v) is 4.40. The summed E-state index contributed by atoms with van der Waals surface area (Å²) in [6.45, 7) is 1.99. The van der Waals surface area contributed by atoms with E-state index in [-0.39, 0.29) is 17.7 Å². The zero-order valence-corrected chi connectivity index (χ0v) is 15.0. The zero-order chi connectivity index (χ0) is 19.7. The Labute approximate surface area is 159 Å². The van der Waals surface area contributed by atoms with Crippen molar-refractivity contribution in [1.29, 1.82) is 0 Å². The van der Waals surface area contributed by atoms with Gasteiger partial charge in [-0.1, -0.05) is 0 Å². The Morgan fingerprint density at radius 2 is 2.00 bits per heavy atom. The van der Waals surface area contributed by atoms with E-state index in [1.807, 2.05) is 0 Å². The van der Waals surface area contributed by atoms with E-state index in [4.69, 9.17) is 4.42 Å². The lowest BCUT2D eigenvalue weighted by atomic mass is 10.1. The van der Waals surface area contributed by atoms with E-state index in [1.54, 1.807) is 37.6 Å². The lowest BCUT2D eigenvalue weighted by Crippen LogP contribution is -2.21. The number of carbonyl (C=O) groups is 1. The third-order valence-electron chi connectivity index (χ3n) is 4.40. The number of nitrogens with one attached hydrogen (secondary N) is 1. The Kier molecular flexibility index (Phi) is 4.49. The molecule has 0 spiro atoms. The Morgan fingerprint density at radius 3 is 2.71 bits per heavy atom. The van der Waals surface area contributed by atoms with Gasteiger partial charge in [0.1, 0.15) is 11.6 Å². The molecule has 3 heterocycles. The Balaban J connectivity index is 1.71. The van der Waals surface area contributed by atoms with Crippen LogP contribution in [0.2, 0.25) is 0 Å². The number of benzene rings is 1. The number of aromatic nitrogens is 2. The van der Waals surface area contributed by atoms with E-state index in [0.717, 1.165) is 0 Å². The molecular weight excluding hydrogens is 361 g/mol. The SMILES string of the molecule is Cc1nc2ccn(Cc3ccco3)c(=O)c2cc1C(=O)Nc1ccc(F)cc1. The first-order chi connectivity index (χ1) is 13.5. The number of hydrogen-bond acceptors (Lipinski definition) is 4. The van der Waals surface area contributed by atoms with E-state index < -0.39 is 11.7 Å². The maximum Gasteiger partial charge on any atom is 0.260 e. The normalized spacial score (nSPS) is 10.9. The molecule has 7 heteroatoms. The van der Waals surface area contributed by atoms with E-state index in [1.165, 1.54) is 34.9 Å². The van der Waals surface area contributed by atoms with Crippen molar-refractivity contribution in [3.8, 4) is 0 Å². The number of pyridine rings is 2. The average Bonchev–Trinajstić information content (AvgIpc) is 3.19. The molecule has 3 aromatic heterocycles. The van der Waals surface area contributed by atoms with Crippen LogP contribution < -0.4 is 10.9 Å².